The Kier molecular flexibility index (Phi) is 9.27. The standard InChI is InChI=1S/C30H33ClF2N6O/c1-30(2,3)26(38(15-13-23(34)17-32)29(40)21-10-7-14-35-18-21)28-36-27(24-16-22(31)11-12-25(24)33)37-39(28)19-20-8-5-4-6-9-20/h4-12,14,16,18,23,26H,13,15,17,19,34H2,1-3H3/t23-,26-/m0/s1. The number of benzene rings is 2. The third kappa shape index (κ3) is 6.89. The number of aromatic nitrogens is 4. The molecule has 0 fully saturated rings. The Morgan fingerprint density at radius 1 is 1.12 bits per heavy atom. The minimum atomic E-state index is -0.733. The number of rotatable bonds is 10. The highest BCUT2D eigenvalue weighted by Gasteiger charge is 2.39. The number of nitrogens with zero attached hydrogens (tertiary/aromatic N) is 5. The molecule has 2 N–H and O–H groups in total. The molecule has 0 unspecified atom stereocenters. The van der Waals surface area contributed by atoms with E-state index in [9.17, 15) is 13.6 Å². The number of nitrogens with two attached hydrogens (primary N) is 1. The average Bonchev–Trinajstić information content (AvgIpc) is 3.34. The van der Waals surface area contributed by atoms with Gasteiger partial charge in [0.15, 0.2) is 11.6 Å². The van der Waals surface area contributed by atoms with Gasteiger partial charge in [0.25, 0.3) is 5.91 Å². The molecule has 2 aromatic carbocycles. The maximum absolute atomic E-state index is 14.9. The molecule has 40 heavy (non-hydrogen) atoms. The first-order chi connectivity index (χ1) is 19.1. The van der Waals surface area contributed by atoms with Crippen LogP contribution in [0.3, 0.4) is 0 Å². The fourth-order valence-electron chi connectivity index (χ4n) is 4.59. The topological polar surface area (TPSA) is 89.9 Å². The fraction of sp³-hybridized carbons (Fsp3) is 0.333. The summed E-state index contributed by atoms with van der Waals surface area (Å²) < 4.78 is 30.0. The molecule has 0 aliphatic rings. The van der Waals surface area contributed by atoms with Crippen LogP contribution >= 0.6 is 11.6 Å². The predicted octanol–water partition coefficient (Wildman–Crippen LogP) is 6.10. The molecule has 0 saturated carbocycles. The van der Waals surface area contributed by atoms with Crippen molar-refractivity contribution < 1.29 is 13.6 Å². The molecule has 10 heteroatoms. The number of carbonyl (C=O) groups is 1. The lowest BCUT2D eigenvalue weighted by atomic mass is 9.84. The van der Waals surface area contributed by atoms with Crippen LogP contribution in [0.25, 0.3) is 11.4 Å². The van der Waals surface area contributed by atoms with E-state index in [2.05, 4.69) is 4.98 Å². The summed E-state index contributed by atoms with van der Waals surface area (Å²) >= 11 is 6.19. The Labute approximate surface area is 238 Å². The number of carbonyl (C=O) groups excluding carboxylic acids is 1. The van der Waals surface area contributed by atoms with E-state index in [0.29, 0.717) is 23.0 Å². The lowest BCUT2D eigenvalue weighted by Crippen LogP contribution is -2.44. The van der Waals surface area contributed by atoms with Crippen LogP contribution in [-0.4, -0.2) is 49.8 Å². The molecule has 2 aromatic heterocycles. The molecule has 4 aromatic rings. The second kappa shape index (κ2) is 12.7. The van der Waals surface area contributed by atoms with Gasteiger partial charge in [-0.1, -0.05) is 62.7 Å². The number of amides is 1. The molecule has 210 valence electrons. The van der Waals surface area contributed by atoms with Crippen molar-refractivity contribution in [2.45, 2.75) is 45.8 Å². The molecule has 4 rings (SSSR count). The minimum Gasteiger partial charge on any atom is -0.328 e. The van der Waals surface area contributed by atoms with Crippen LogP contribution in [-0.2, 0) is 6.54 Å². The van der Waals surface area contributed by atoms with Crippen molar-refractivity contribution in [1.82, 2.24) is 24.6 Å². The number of pyridine rings is 1. The summed E-state index contributed by atoms with van der Waals surface area (Å²) in [7, 11) is 0. The zero-order valence-corrected chi connectivity index (χ0v) is 23.5. The van der Waals surface area contributed by atoms with Crippen LogP contribution in [0.15, 0.2) is 73.1 Å². The maximum Gasteiger partial charge on any atom is 0.256 e. The number of hydrogen-bond donors (Lipinski definition) is 1. The van der Waals surface area contributed by atoms with E-state index in [1.807, 2.05) is 51.1 Å². The lowest BCUT2D eigenvalue weighted by molar-refractivity contribution is 0.0469. The lowest BCUT2D eigenvalue weighted by Gasteiger charge is -2.40. The van der Waals surface area contributed by atoms with Gasteiger partial charge in [-0.3, -0.25) is 9.78 Å². The summed E-state index contributed by atoms with van der Waals surface area (Å²) in [6, 6.07) is 15.9. The zero-order chi connectivity index (χ0) is 28.9. The highest BCUT2D eigenvalue weighted by molar-refractivity contribution is 6.30. The highest BCUT2D eigenvalue weighted by atomic mass is 35.5. The Bertz CT molecular complexity index is 1430. The van der Waals surface area contributed by atoms with Crippen molar-refractivity contribution in [3.63, 3.8) is 0 Å². The Balaban J connectivity index is 1.90. The molecule has 0 spiro atoms. The summed E-state index contributed by atoms with van der Waals surface area (Å²) in [6.07, 6.45) is 3.31. The maximum atomic E-state index is 14.9. The quantitative estimate of drug-likeness (QED) is 0.251. The molecule has 0 radical (unpaired) electrons. The van der Waals surface area contributed by atoms with Crippen LogP contribution < -0.4 is 5.73 Å². The molecule has 0 bridgehead atoms. The molecule has 0 aliphatic heterocycles. The van der Waals surface area contributed by atoms with Crippen molar-refractivity contribution >= 4 is 17.5 Å². The van der Waals surface area contributed by atoms with Crippen molar-refractivity contribution in [1.29, 1.82) is 0 Å². The van der Waals surface area contributed by atoms with Gasteiger partial charge in [-0.05, 0) is 47.7 Å². The zero-order valence-electron chi connectivity index (χ0n) is 22.8. The van der Waals surface area contributed by atoms with Crippen molar-refractivity contribution in [3.05, 3.63) is 101 Å². The highest BCUT2D eigenvalue weighted by Crippen LogP contribution is 2.39. The monoisotopic (exact) mass is 566 g/mol. The van der Waals surface area contributed by atoms with Gasteiger partial charge in [0.2, 0.25) is 0 Å². The van der Waals surface area contributed by atoms with Crippen LogP contribution in [0.2, 0.25) is 5.02 Å². The van der Waals surface area contributed by atoms with Gasteiger partial charge >= 0.3 is 0 Å². The molecule has 2 atom stereocenters. The SMILES string of the molecule is CC(C)(C)[C@H](c1nc(-c2cc(Cl)ccc2F)nn1Cc1ccccc1)N(CC[C@H](N)CF)C(=O)c1cccnc1. The number of hydrogen-bond acceptors (Lipinski definition) is 5. The van der Waals surface area contributed by atoms with Gasteiger partial charge in [0.05, 0.1) is 23.7 Å². The summed E-state index contributed by atoms with van der Waals surface area (Å²) in [6.45, 7) is 5.74. The van der Waals surface area contributed by atoms with E-state index in [0.717, 1.165) is 5.56 Å². The fourth-order valence-corrected chi connectivity index (χ4v) is 4.76. The minimum absolute atomic E-state index is 0.148. The Morgan fingerprint density at radius 2 is 1.88 bits per heavy atom. The molecule has 0 aliphatic carbocycles. The molecule has 1 amide bonds. The second-order valence-corrected chi connectivity index (χ2v) is 11.2. The van der Waals surface area contributed by atoms with Crippen molar-refractivity contribution in [2.24, 2.45) is 11.1 Å². The average molecular weight is 567 g/mol. The van der Waals surface area contributed by atoms with Crippen LogP contribution in [0.4, 0.5) is 8.78 Å². The van der Waals surface area contributed by atoms with E-state index in [1.54, 1.807) is 27.9 Å². The normalized spacial score (nSPS) is 13.2. The van der Waals surface area contributed by atoms with Gasteiger partial charge < -0.3 is 10.6 Å². The number of alkyl halides is 1. The van der Waals surface area contributed by atoms with Gasteiger partial charge in [-0.15, -0.1) is 0 Å². The first-order valence-electron chi connectivity index (χ1n) is 13.0. The van der Waals surface area contributed by atoms with Crippen LogP contribution in [0.5, 0.6) is 0 Å². The van der Waals surface area contributed by atoms with E-state index in [1.165, 1.54) is 24.4 Å². The second-order valence-electron chi connectivity index (χ2n) is 10.8. The Morgan fingerprint density at radius 3 is 2.52 bits per heavy atom. The third-order valence-corrected chi connectivity index (χ3v) is 6.76. The van der Waals surface area contributed by atoms with E-state index >= 15 is 0 Å². The van der Waals surface area contributed by atoms with Gasteiger partial charge in [0.1, 0.15) is 12.5 Å². The van der Waals surface area contributed by atoms with E-state index in [-0.39, 0.29) is 30.3 Å². The van der Waals surface area contributed by atoms with Crippen LogP contribution in [0, 0.1) is 11.2 Å². The molecule has 0 saturated heterocycles. The predicted molar refractivity (Wildman–Crippen MR) is 152 cm³/mol. The van der Waals surface area contributed by atoms with Gasteiger partial charge in [-0.25, -0.2) is 18.4 Å². The first kappa shape index (κ1) is 29.3. The smallest absolute Gasteiger partial charge is 0.256 e. The molecule has 7 nitrogen and oxygen atoms in total. The number of halogens is 3. The largest absolute Gasteiger partial charge is 0.328 e. The first-order valence-corrected chi connectivity index (χ1v) is 13.4. The van der Waals surface area contributed by atoms with E-state index in [4.69, 9.17) is 27.4 Å². The van der Waals surface area contributed by atoms with Gasteiger partial charge in [0, 0.05) is 30.0 Å². The summed E-state index contributed by atoms with van der Waals surface area (Å²) in [4.78, 5) is 24.6. The summed E-state index contributed by atoms with van der Waals surface area (Å²) in [5.41, 5.74) is 6.85. The van der Waals surface area contributed by atoms with Gasteiger partial charge in [-0.2, -0.15) is 5.10 Å². The third-order valence-electron chi connectivity index (χ3n) is 6.53. The molecular formula is C30H33ClF2N6O. The summed E-state index contributed by atoms with van der Waals surface area (Å²) in [5, 5.41) is 5.06. The van der Waals surface area contributed by atoms with Crippen molar-refractivity contribution in [3.8, 4) is 11.4 Å². The van der Waals surface area contributed by atoms with Crippen LogP contribution in [0.1, 0.15) is 55.0 Å². The Hall–Kier alpha value is -3.69. The molecular weight excluding hydrogens is 534 g/mol. The molecule has 2 heterocycles. The van der Waals surface area contributed by atoms with Crippen molar-refractivity contribution in [2.75, 3.05) is 13.2 Å². The van der Waals surface area contributed by atoms with E-state index < -0.39 is 30.0 Å². The summed E-state index contributed by atoms with van der Waals surface area (Å²) in [5.74, 6) is -0.215.